The molecule has 3 rings (SSSR count). The first-order valence-corrected chi connectivity index (χ1v) is 8.52. The molecule has 2 aromatic rings. The lowest BCUT2D eigenvalue weighted by Crippen LogP contribution is -2.29. The molecule has 23 heavy (non-hydrogen) atoms. The first kappa shape index (κ1) is 15.7. The summed E-state index contributed by atoms with van der Waals surface area (Å²) >= 11 is 1.60. The van der Waals surface area contributed by atoms with Crippen LogP contribution in [0.5, 0.6) is 0 Å². The van der Waals surface area contributed by atoms with Crippen molar-refractivity contribution in [2.75, 3.05) is 0 Å². The maximum Gasteiger partial charge on any atom is 0.253 e. The minimum Gasteiger partial charge on any atom is -0.332 e. The van der Waals surface area contributed by atoms with Crippen LogP contribution in [0.15, 0.2) is 29.6 Å². The highest BCUT2D eigenvalue weighted by Gasteiger charge is 2.25. The number of halogens is 1. The van der Waals surface area contributed by atoms with E-state index in [1.54, 1.807) is 23.5 Å². The van der Waals surface area contributed by atoms with E-state index in [1.807, 2.05) is 11.4 Å². The van der Waals surface area contributed by atoms with E-state index < -0.39 is 11.9 Å². The molecule has 0 saturated carbocycles. The van der Waals surface area contributed by atoms with E-state index in [2.05, 4.69) is 12.2 Å². The van der Waals surface area contributed by atoms with Gasteiger partial charge in [-0.25, -0.2) is 4.39 Å². The average Bonchev–Trinajstić information content (AvgIpc) is 2.96. The van der Waals surface area contributed by atoms with Crippen molar-refractivity contribution in [1.29, 1.82) is 5.26 Å². The molecule has 0 radical (unpaired) electrons. The Hall–Kier alpha value is -2.19. The normalized spacial score (nSPS) is 17.9. The van der Waals surface area contributed by atoms with Crippen LogP contribution in [-0.4, -0.2) is 5.91 Å². The van der Waals surface area contributed by atoms with Crippen molar-refractivity contribution in [2.24, 2.45) is 5.92 Å². The Balaban J connectivity index is 1.82. The number of fused-ring (bicyclic) bond motifs is 1. The van der Waals surface area contributed by atoms with Crippen LogP contribution < -0.4 is 5.32 Å². The zero-order valence-electron chi connectivity index (χ0n) is 12.8. The quantitative estimate of drug-likeness (QED) is 0.925. The second-order valence-corrected chi connectivity index (χ2v) is 6.92. The number of nitrogens with zero attached hydrogens (tertiary/aromatic N) is 1. The van der Waals surface area contributed by atoms with Gasteiger partial charge in [0.15, 0.2) is 0 Å². The van der Waals surface area contributed by atoms with Crippen molar-refractivity contribution >= 4 is 17.2 Å². The summed E-state index contributed by atoms with van der Waals surface area (Å²) in [6.45, 7) is 2.21. The molecule has 1 N–H and O–H groups in total. The third-order valence-electron chi connectivity index (χ3n) is 4.27. The summed E-state index contributed by atoms with van der Waals surface area (Å²) in [5, 5.41) is 13.8. The van der Waals surface area contributed by atoms with E-state index in [1.165, 1.54) is 17.0 Å². The number of nitrogens with one attached hydrogen (secondary N) is 1. The van der Waals surface area contributed by atoms with Gasteiger partial charge in [0, 0.05) is 15.8 Å². The lowest BCUT2D eigenvalue weighted by molar-refractivity contribution is 0.0944. The molecule has 0 spiro atoms. The van der Waals surface area contributed by atoms with Gasteiger partial charge in [-0.15, -0.1) is 11.3 Å². The Morgan fingerprint density at radius 3 is 3.00 bits per heavy atom. The molecule has 2 unspecified atom stereocenters. The van der Waals surface area contributed by atoms with E-state index in [4.69, 9.17) is 0 Å². The van der Waals surface area contributed by atoms with Gasteiger partial charge in [0.2, 0.25) is 0 Å². The summed E-state index contributed by atoms with van der Waals surface area (Å²) in [6.07, 6.45) is 2.96. The molecular formula is C18H17FN2OS. The lowest BCUT2D eigenvalue weighted by atomic mass is 9.88. The number of thiophene rings is 1. The number of rotatable bonds is 3. The van der Waals surface area contributed by atoms with Crippen molar-refractivity contribution in [3.05, 3.63) is 57.0 Å². The molecule has 118 valence electrons. The lowest BCUT2D eigenvalue weighted by Gasteiger charge is -2.19. The Kier molecular flexibility index (Phi) is 4.44. The van der Waals surface area contributed by atoms with Gasteiger partial charge in [0.1, 0.15) is 11.9 Å². The van der Waals surface area contributed by atoms with Gasteiger partial charge < -0.3 is 5.32 Å². The van der Waals surface area contributed by atoms with E-state index in [9.17, 15) is 14.4 Å². The fraction of sp³-hybridized carbons (Fsp3) is 0.333. The molecule has 1 amide bonds. The molecule has 0 aliphatic heterocycles. The first-order chi connectivity index (χ1) is 11.1. The highest BCUT2D eigenvalue weighted by atomic mass is 32.1. The summed E-state index contributed by atoms with van der Waals surface area (Å²) in [7, 11) is 0. The number of hydrogen-bond donors (Lipinski definition) is 1. The summed E-state index contributed by atoms with van der Waals surface area (Å²) in [6, 6.07) is 7.02. The molecule has 1 aromatic heterocycles. The predicted octanol–water partition coefficient (Wildman–Crippen LogP) is 4.01. The molecule has 1 heterocycles. The Morgan fingerprint density at radius 2 is 2.26 bits per heavy atom. The highest BCUT2D eigenvalue weighted by Crippen LogP contribution is 2.33. The number of amides is 1. The van der Waals surface area contributed by atoms with Gasteiger partial charge in [-0.3, -0.25) is 4.79 Å². The minimum absolute atomic E-state index is 0.195. The Labute approximate surface area is 138 Å². The van der Waals surface area contributed by atoms with Crippen molar-refractivity contribution in [1.82, 2.24) is 5.32 Å². The molecule has 2 atom stereocenters. The van der Waals surface area contributed by atoms with Gasteiger partial charge in [0.05, 0.1) is 11.6 Å². The molecule has 1 aliphatic rings. The SMILES string of the molecule is CC1CCc2c(C(=O)NC(C#N)c3ccccc3F)csc2C1. The standard InChI is InChI=1S/C18H17FN2OS/c1-11-6-7-12-14(10-23-17(12)8-11)18(22)21-16(9-20)13-4-2-3-5-15(13)19/h2-5,10-11,16H,6-8H2,1H3,(H,21,22). The number of nitriles is 1. The number of hydrogen-bond acceptors (Lipinski definition) is 3. The van der Waals surface area contributed by atoms with E-state index >= 15 is 0 Å². The monoisotopic (exact) mass is 328 g/mol. The molecule has 0 saturated heterocycles. The third kappa shape index (κ3) is 3.13. The Bertz CT molecular complexity index is 778. The number of carbonyl (C=O) groups is 1. The molecule has 0 bridgehead atoms. The third-order valence-corrected chi connectivity index (χ3v) is 5.32. The van der Waals surface area contributed by atoms with Crippen LogP contribution in [0.1, 0.15) is 45.7 Å². The first-order valence-electron chi connectivity index (χ1n) is 7.64. The van der Waals surface area contributed by atoms with Crippen LogP contribution in [0.4, 0.5) is 4.39 Å². The van der Waals surface area contributed by atoms with Crippen molar-refractivity contribution in [3.63, 3.8) is 0 Å². The zero-order chi connectivity index (χ0) is 16.4. The molecule has 1 aliphatic carbocycles. The molecule has 5 heteroatoms. The molecular weight excluding hydrogens is 311 g/mol. The van der Waals surface area contributed by atoms with E-state index in [0.717, 1.165) is 24.8 Å². The maximum atomic E-state index is 13.8. The van der Waals surface area contributed by atoms with Gasteiger partial charge in [0.25, 0.3) is 5.91 Å². The number of carbonyl (C=O) groups excluding carboxylic acids is 1. The van der Waals surface area contributed by atoms with E-state index in [-0.39, 0.29) is 11.5 Å². The van der Waals surface area contributed by atoms with Crippen LogP contribution in [0.2, 0.25) is 0 Å². The number of benzene rings is 1. The van der Waals surface area contributed by atoms with Crippen LogP contribution in [0.3, 0.4) is 0 Å². The smallest absolute Gasteiger partial charge is 0.253 e. The largest absolute Gasteiger partial charge is 0.332 e. The molecule has 0 fully saturated rings. The van der Waals surface area contributed by atoms with Crippen LogP contribution in [0.25, 0.3) is 0 Å². The van der Waals surface area contributed by atoms with Crippen molar-refractivity contribution in [3.8, 4) is 6.07 Å². The fourth-order valence-corrected chi connectivity index (χ4v) is 4.21. The fourth-order valence-electron chi connectivity index (χ4n) is 2.97. The summed E-state index contributed by atoms with van der Waals surface area (Å²) in [5.41, 5.74) is 1.92. The second-order valence-electron chi connectivity index (χ2n) is 5.96. The molecule has 3 nitrogen and oxygen atoms in total. The molecule has 1 aromatic carbocycles. The minimum atomic E-state index is -0.984. The van der Waals surface area contributed by atoms with Gasteiger partial charge in [-0.05, 0) is 36.8 Å². The van der Waals surface area contributed by atoms with Crippen LogP contribution in [-0.2, 0) is 12.8 Å². The Morgan fingerprint density at radius 1 is 1.48 bits per heavy atom. The highest BCUT2D eigenvalue weighted by molar-refractivity contribution is 7.10. The van der Waals surface area contributed by atoms with Crippen LogP contribution >= 0.6 is 11.3 Å². The average molecular weight is 328 g/mol. The van der Waals surface area contributed by atoms with Crippen molar-refractivity contribution < 1.29 is 9.18 Å². The van der Waals surface area contributed by atoms with Crippen molar-refractivity contribution in [2.45, 2.75) is 32.2 Å². The summed E-state index contributed by atoms with van der Waals surface area (Å²) in [4.78, 5) is 13.8. The predicted molar refractivity (Wildman–Crippen MR) is 87.7 cm³/mol. The summed E-state index contributed by atoms with van der Waals surface area (Å²) < 4.78 is 13.8. The van der Waals surface area contributed by atoms with Crippen LogP contribution in [0, 0.1) is 23.1 Å². The van der Waals surface area contributed by atoms with Gasteiger partial charge in [-0.2, -0.15) is 5.26 Å². The van der Waals surface area contributed by atoms with Gasteiger partial charge >= 0.3 is 0 Å². The maximum absolute atomic E-state index is 13.8. The van der Waals surface area contributed by atoms with Gasteiger partial charge in [-0.1, -0.05) is 25.1 Å². The zero-order valence-corrected chi connectivity index (χ0v) is 13.6. The summed E-state index contributed by atoms with van der Waals surface area (Å²) in [5.74, 6) is -0.144. The second kappa shape index (κ2) is 6.51. The topological polar surface area (TPSA) is 52.9 Å². The van der Waals surface area contributed by atoms with E-state index in [0.29, 0.717) is 11.5 Å².